The van der Waals surface area contributed by atoms with Crippen LogP contribution in [0.25, 0.3) is 33.2 Å². The van der Waals surface area contributed by atoms with Gasteiger partial charge in [0.2, 0.25) is 0 Å². The van der Waals surface area contributed by atoms with Crippen LogP contribution in [0.2, 0.25) is 0 Å². The number of carbonyl (C=O) groups is 1. The van der Waals surface area contributed by atoms with Gasteiger partial charge in [0.25, 0.3) is 0 Å². The normalized spacial score (nSPS) is 11.0. The Hall–Kier alpha value is -4.46. The largest absolute Gasteiger partial charge is 0.467 e. The van der Waals surface area contributed by atoms with Crippen LogP contribution in [0.15, 0.2) is 72.8 Å². The molecule has 8 nitrogen and oxygen atoms in total. The molecule has 0 bridgehead atoms. The number of nitrogens with zero attached hydrogens (tertiary/aromatic N) is 4. The quantitative estimate of drug-likeness (QED) is 0.236. The average Bonchev–Trinajstić information content (AvgIpc) is 3.24. The molecule has 8 heteroatoms. The highest BCUT2D eigenvalue weighted by atomic mass is 16.5. The number of ether oxygens (including phenoxy) is 3. The van der Waals surface area contributed by atoms with E-state index in [1.807, 2.05) is 12.1 Å². The highest BCUT2D eigenvalue weighted by molar-refractivity contribution is 6.07. The van der Waals surface area contributed by atoms with Crippen molar-refractivity contribution >= 4 is 27.8 Å². The molecule has 0 aliphatic heterocycles. The van der Waals surface area contributed by atoms with E-state index in [9.17, 15) is 4.79 Å². The van der Waals surface area contributed by atoms with E-state index in [0.29, 0.717) is 30.0 Å². The Morgan fingerprint density at radius 3 is 1.91 bits per heavy atom. The van der Waals surface area contributed by atoms with Crippen LogP contribution < -0.4 is 9.47 Å². The summed E-state index contributed by atoms with van der Waals surface area (Å²) >= 11 is 0. The first kappa shape index (κ1) is 22.3. The van der Waals surface area contributed by atoms with Gasteiger partial charge in [-0.25, -0.2) is 4.79 Å². The number of methoxy groups -OCH3 is 2. The molecular formula is C27H24N4O4. The molecule has 0 unspecified atom stereocenters. The third kappa shape index (κ3) is 4.50. The third-order valence-electron chi connectivity index (χ3n) is 5.78. The van der Waals surface area contributed by atoms with Crippen LogP contribution in [0.5, 0.6) is 12.0 Å². The number of para-hydroxylation sites is 2. The predicted octanol–water partition coefficient (Wildman–Crippen LogP) is 4.91. The maximum Gasteiger partial charge on any atom is 0.338 e. The number of hydrogen-bond acceptors (Lipinski definition) is 7. The van der Waals surface area contributed by atoms with Crippen molar-refractivity contribution in [3.8, 4) is 23.4 Å². The predicted molar refractivity (Wildman–Crippen MR) is 133 cm³/mol. The van der Waals surface area contributed by atoms with Gasteiger partial charge >= 0.3 is 18.0 Å². The first-order valence-electron chi connectivity index (χ1n) is 11.3. The second kappa shape index (κ2) is 9.80. The summed E-state index contributed by atoms with van der Waals surface area (Å²) in [6, 6.07) is 23.9. The third-order valence-corrected chi connectivity index (χ3v) is 5.78. The summed E-state index contributed by atoms with van der Waals surface area (Å²) in [4.78, 5) is 25.0. The van der Waals surface area contributed by atoms with Gasteiger partial charge in [-0.05, 0) is 30.7 Å². The molecule has 0 amide bonds. The van der Waals surface area contributed by atoms with E-state index in [0.717, 1.165) is 6.54 Å². The Bertz CT molecular complexity index is 1420. The zero-order valence-electron chi connectivity index (χ0n) is 19.5. The summed E-state index contributed by atoms with van der Waals surface area (Å²) in [5.41, 5.74) is 3.52. The number of aromatic nitrogens is 4. The monoisotopic (exact) mass is 468 g/mol. The van der Waals surface area contributed by atoms with Crippen molar-refractivity contribution in [2.45, 2.75) is 13.0 Å². The molecule has 0 saturated carbocycles. The molecule has 0 aliphatic carbocycles. The lowest BCUT2D eigenvalue weighted by Gasteiger charge is -2.09. The fraction of sp³-hybridized carbons (Fsp3) is 0.185. The summed E-state index contributed by atoms with van der Waals surface area (Å²) in [5.74, 6) is 0.0179. The SMILES string of the molecule is COc1nc(OC)nc(-c2ccc(C(=O)OCCCn3c4ccccc4c4ccccc43)cc2)n1. The van der Waals surface area contributed by atoms with Gasteiger partial charge in [0.15, 0.2) is 5.82 Å². The summed E-state index contributed by atoms with van der Waals surface area (Å²) in [7, 11) is 2.94. The first-order chi connectivity index (χ1) is 17.2. The Kier molecular flexibility index (Phi) is 6.26. The van der Waals surface area contributed by atoms with Crippen molar-refractivity contribution < 1.29 is 19.0 Å². The van der Waals surface area contributed by atoms with Crippen molar-refractivity contribution in [1.29, 1.82) is 0 Å². The van der Waals surface area contributed by atoms with E-state index in [1.165, 1.54) is 36.0 Å². The van der Waals surface area contributed by atoms with Crippen molar-refractivity contribution in [3.63, 3.8) is 0 Å². The molecule has 3 aromatic carbocycles. The maximum atomic E-state index is 12.6. The number of fused-ring (bicyclic) bond motifs is 3. The molecule has 0 spiro atoms. The van der Waals surface area contributed by atoms with Gasteiger partial charge in [-0.15, -0.1) is 4.98 Å². The molecule has 2 aromatic heterocycles. The molecule has 5 aromatic rings. The molecule has 0 atom stereocenters. The lowest BCUT2D eigenvalue weighted by Crippen LogP contribution is -2.09. The smallest absolute Gasteiger partial charge is 0.338 e. The maximum absolute atomic E-state index is 12.6. The standard InChI is InChI=1S/C27H24N4O4/c1-33-26-28-24(29-27(30-26)34-2)18-12-14-19(15-13-18)25(32)35-17-7-16-31-22-10-5-3-8-20(22)21-9-4-6-11-23(21)31/h3-6,8-15H,7,16-17H2,1-2H3. The van der Waals surface area contributed by atoms with E-state index in [1.54, 1.807) is 24.3 Å². The molecule has 35 heavy (non-hydrogen) atoms. The fourth-order valence-electron chi connectivity index (χ4n) is 4.12. The highest BCUT2D eigenvalue weighted by Gasteiger charge is 2.13. The fourth-order valence-corrected chi connectivity index (χ4v) is 4.12. The van der Waals surface area contributed by atoms with E-state index in [2.05, 4.69) is 55.9 Å². The second-order valence-corrected chi connectivity index (χ2v) is 7.89. The lowest BCUT2D eigenvalue weighted by molar-refractivity contribution is 0.0496. The number of hydrogen-bond donors (Lipinski definition) is 0. The van der Waals surface area contributed by atoms with Crippen LogP contribution >= 0.6 is 0 Å². The van der Waals surface area contributed by atoms with Gasteiger partial charge in [0.1, 0.15) is 0 Å². The number of rotatable bonds is 8. The number of esters is 1. The topological polar surface area (TPSA) is 88.4 Å². The zero-order valence-corrected chi connectivity index (χ0v) is 19.5. The van der Waals surface area contributed by atoms with E-state index in [-0.39, 0.29) is 18.0 Å². The van der Waals surface area contributed by atoms with Gasteiger partial charge in [0.05, 0.1) is 26.4 Å². The van der Waals surface area contributed by atoms with Gasteiger partial charge < -0.3 is 18.8 Å². The van der Waals surface area contributed by atoms with Gasteiger partial charge in [-0.2, -0.15) is 9.97 Å². The van der Waals surface area contributed by atoms with Crippen LogP contribution in [-0.4, -0.2) is 46.3 Å². The van der Waals surface area contributed by atoms with Gasteiger partial charge in [0, 0.05) is 33.9 Å². The molecule has 2 heterocycles. The zero-order chi connectivity index (χ0) is 24.2. The average molecular weight is 469 g/mol. The van der Waals surface area contributed by atoms with Crippen molar-refractivity contribution in [2.24, 2.45) is 0 Å². The number of benzene rings is 3. The molecule has 176 valence electrons. The van der Waals surface area contributed by atoms with Crippen molar-refractivity contribution in [3.05, 3.63) is 78.4 Å². The minimum absolute atomic E-state index is 0.151. The first-order valence-corrected chi connectivity index (χ1v) is 11.3. The Labute approximate surface area is 202 Å². The Morgan fingerprint density at radius 1 is 0.771 bits per heavy atom. The van der Waals surface area contributed by atoms with Gasteiger partial charge in [-0.3, -0.25) is 0 Å². The summed E-state index contributed by atoms with van der Waals surface area (Å²) < 4.78 is 18.0. The minimum atomic E-state index is -0.371. The van der Waals surface area contributed by atoms with Crippen molar-refractivity contribution in [1.82, 2.24) is 19.5 Å². The van der Waals surface area contributed by atoms with E-state index >= 15 is 0 Å². The van der Waals surface area contributed by atoms with E-state index in [4.69, 9.17) is 14.2 Å². The Morgan fingerprint density at radius 2 is 1.34 bits per heavy atom. The van der Waals surface area contributed by atoms with Crippen LogP contribution in [0.4, 0.5) is 0 Å². The molecule has 0 aliphatic rings. The second-order valence-electron chi connectivity index (χ2n) is 7.89. The lowest BCUT2D eigenvalue weighted by atomic mass is 10.1. The molecule has 0 radical (unpaired) electrons. The van der Waals surface area contributed by atoms with Crippen molar-refractivity contribution in [2.75, 3.05) is 20.8 Å². The summed E-state index contributed by atoms with van der Waals surface area (Å²) in [5, 5.41) is 2.46. The Balaban J connectivity index is 1.23. The van der Waals surface area contributed by atoms with Gasteiger partial charge in [-0.1, -0.05) is 48.5 Å². The molecule has 0 N–H and O–H groups in total. The van der Waals surface area contributed by atoms with E-state index < -0.39 is 0 Å². The molecule has 0 saturated heterocycles. The van der Waals surface area contributed by atoms with Crippen LogP contribution in [0, 0.1) is 0 Å². The van der Waals surface area contributed by atoms with Crippen LogP contribution in [0.1, 0.15) is 16.8 Å². The molecule has 0 fully saturated rings. The molecule has 5 rings (SSSR count). The van der Waals surface area contributed by atoms with Crippen LogP contribution in [-0.2, 0) is 11.3 Å². The molecular weight excluding hydrogens is 444 g/mol. The number of carbonyl (C=O) groups excluding carboxylic acids is 1. The number of aryl methyl sites for hydroxylation is 1. The minimum Gasteiger partial charge on any atom is -0.467 e. The highest BCUT2D eigenvalue weighted by Crippen LogP contribution is 2.29. The summed E-state index contributed by atoms with van der Waals surface area (Å²) in [6.45, 7) is 1.08. The van der Waals surface area contributed by atoms with Crippen LogP contribution in [0.3, 0.4) is 0 Å². The summed E-state index contributed by atoms with van der Waals surface area (Å²) in [6.07, 6.45) is 0.705.